The second-order valence-corrected chi connectivity index (χ2v) is 6.76. The molecule has 1 aliphatic heterocycles. The first-order valence-corrected chi connectivity index (χ1v) is 8.72. The van der Waals surface area contributed by atoms with Crippen LogP contribution in [0, 0.1) is 11.8 Å². The lowest BCUT2D eigenvalue weighted by Crippen LogP contribution is -2.39. The minimum absolute atomic E-state index is 0. The molecule has 0 spiro atoms. The van der Waals surface area contributed by atoms with Crippen molar-refractivity contribution in [2.75, 3.05) is 26.7 Å². The van der Waals surface area contributed by atoms with E-state index in [0.717, 1.165) is 44.3 Å². The van der Waals surface area contributed by atoms with Gasteiger partial charge in [-0.05, 0) is 51.1 Å². The van der Waals surface area contributed by atoms with Crippen LogP contribution in [-0.4, -0.2) is 37.5 Å². The minimum atomic E-state index is 0. The Bertz CT molecular complexity index is 285. The molecule has 2 aliphatic rings. The van der Waals surface area contributed by atoms with Gasteiger partial charge in [-0.3, -0.25) is 4.79 Å². The average molecular weight is 317 g/mol. The first-order valence-electron chi connectivity index (χ1n) is 8.72. The summed E-state index contributed by atoms with van der Waals surface area (Å²) in [5.41, 5.74) is 0. The molecule has 2 rings (SSSR count). The van der Waals surface area contributed by atoms with Crippen LogP contribution in [0.4, 0.5) is 0 Å². The van der Waals surface area contributed by atoms with E-state index in [1.165, 1.54) is 51.4 Å². The first kappa shape index (κ1) is 18.8. The van der Waals surface area contributed by atoms with E-state index in [1.54, 1.807) is 0 Å². The molecule has 4 heteroatoms. The Labute approximate surface area is 136 Å². The van der Waals surface area contributed by atoms with Crippen molar-refractivity contribution in [1.82, 2.24) is 10.2 Å². The molecule has 0 aromatic heterocycles. The third kappa shape index (κ3) is 6.56. The SMILES string of the molecule is CNCCC1CCN(C(=O)CCC2CCCCC2)CC1.Cl. The zero-order valence-corrected chi connectivity index (χ0v) is 14.4. The van der Waals surface area contributed by atoms with E-state index in [9.17, 15) is 4.79 Å². The molecular formula is C17H33ClN2O. The van der Waals surface area contributed by atoms with Crippen molar-refractivity contribution in [1.29, 1.82) is 0 Å². The van der Waals surface area contributed by atoms with Crippen molar-refractivity contribution in [3.63, 3.8) is 0 Å². The Morgan fingerprint density at radius 1 is 1.00 bits per heavy atom. The van der Waals surface area contributed by atoms with Gasteiger partial charge in [0.05, 0.1) is 0 Å². The molecule has 0 unspecified atom stereocenters. The van der Waals surface area contributed by atoms with Crippen LogP contribution in [0.2, 0.25) is 0 Å². The number of nitrogens with one attached hydrogen (secondary N) is 1. The van der Waals surface area contributed by atoms with Crippen molar-refractivity contribution < 1.29 is 4.79 Å². The molecule has 1 saturated carbocycles. The van der Waals surface area contributed by atoms with Crippen LogP contribution in [0.3, 0.4) is 0 Å². The summed E-state index contributed by atoms with van der Waals surface area (Å²) in [7, 11) is 2.02. The van der Waals surface area contributed by atoms with E-state index >= 15 is 0 Å². The van der Waals surface area contributed by atoms with E-state index in [4.69, 9.17) is 0 Å². The number of nitrogens with zero attached hydrogens (tertiary/aromatic N) is 1. The molecule has 21 heavy (non-hydrogen) atoms. The molecule has 1 amide bonds. The molecule has 1 aliphatic carbocycles. The van der Waals surface area contributed by atoms with Crippen LogP contribution in [0.5, 0.6) is 0 Å². The largest absolute Gasteiger partial charge is 0.343 e. The standard InChI is InChI=1S/C17H32N2O.ClH/c1-18-12-9-16-10-13-19(14-11-16)17(20)8-7-15-5-3-2-4-6-15;/h15-16,18H,2-14H2,1H3;1H. The van der Waals surface area contributed by atoms with Gasteiger partial charge in [0, 0.05) is 19.5 Å². The third-order valence-corrected chi connectivity index (χ3v) is 5.26. The number of carbonyl (C=O) groups is 1. The second kappa shape index (κ2) is 10.4. The molecule has 0 bridgehead atoms. The Hall–Kier alpha value is -0.280. The molecule has 0 aromatic rings. The lowest BCUT2D eigenvalue weighted by atomic mass is 9.86. The Kier molecular flexibility index (Phi) is 9.34. The maximum atomic E-state index is 12.3. The van der Waals surface area contributed by atoms with E-state index in [2.05, 4.69) is 10.2 Å². The predicted octanol–water partition coefficient (Wildman–Crippen LogP) is 3.62. The normalized spacial score (nSPS) is 21.1. The monoisotopic (exact) mass is 316 g/mol. The summed E-state index contributed by atoms with van der Waals surface area (Å²) in [6.45, 7) is 3.11. The summed E-state index contributed by atoms with van der Waals surface area (Å²) in [5.74, 6) is 2.08. The fourth-order valence-corrected chi connectivity index (χ4v) is 3.78. The highest BCUT2D eigenvalue weighted by Crippen LogP contribution is 2.28. The fraction of sp³-hybridized carbons (Fsp3) is 0.941. The fourth-order valence-electron chi connectivity index (χ4n) is 3.78. The van der Waals surface area contributed by atoms with E-state index < -0.39 is 0 Å². The van der Waals surface area contributed by atoms with E-state index in [0.29, 0.717) is 5.91 Å². The predicted molar refractivity (Wildman–Crippen MR) is 90.9 cm³/mol. The highest BCUT2D eigenvalue weighted by molar-refractivity contribution is 5.85. The summed E-state index contributed by atoms with van der Waals surface area (Å²) >= 11 is 0. The number of piperidine rings is 1. The van der Waals surface area contributed by atoms with Crippen LogP contribution in [0.25, 0.3) is 0 Å². The van der Waals surface area contributed by atoms with Crippen molar-refractivity contribution in [2.45, 2.75) is 64.2 Å². The highest BCUT2D eigenvalue weighted by atomic mass is 35.5. The van der Waals surface area contributed by atoms with Crippen LogP contribution in [-0.2, 0) is 4.79 Å². The summed E-state index contributed by atoms with van der Waals surface area (Å²) in [5, 5.41) is 3.23. The maximum absolute atomic E-state index is 12.3. The number of likely N-dealkylation sites (tertiary alicyclic amines) is 1. The van der Waals surface area contributed by atoms with Gasteiger partial charge in [0.25, 0.3) is 0 Å². The zero-order valence-electron chi connectivity index (χ0n) is 13.6. The summed E-state index contributed by atoms with van der Waals surface area (Å²) in [6, 6.07) is 0. The molecule has 3 nitrogen and oxygen atoms in total. The van der Waals surface area contributed by atoms with Gasteiger partial charge in [0.15, 0.2) is 0 Å². The number of amides is 1. The topological polar surface area (TPSA) is 32.3 Å². The van der Waals surface area contributed by atoms with Gasteiger partial charge in [-0.25, -0.2) is 0 Å². The smallest absolute Gasteiger partial charge is 0.222 e. The Balaban J connectivity index is 0.00000220. The second-order valence-electron chi connectivity index (χ2n) is 6.76. The number of halogens is 1. The molecule has 2 fully saturated rings. The molecule has 0 atom stereocenters. The minimum Gasteiger partial charge on any atom is -0.343 e. The van der Waals surface area contributed by atoms with Gasteiger partial charge in [0.2, 0.25) is 5.91 Å². The van der Waals surface area contributed by atoms with Gasteiger partial charge in [0.1, 0.15) is 0 Å². The van der Waals surface area contributed by atoms with E-state index in [-0.39, 0.29) is 12.4 Å². The lowest BCUT2D eigenvalue weighted by Gasteiger charge is -2.32. The van der Waals surface area contributed by atoms with Crippen molar-refractivity contribution >= 4 is 18.3 Å². The molecule has 1 heterocycles. The van der Waals surface area contributed by atoms with Gasteiger partial charge < -0.3 is 10.2 Å². The quantitative estimate of drug-likeness (QED) is 0.811. The molecule has 1 saturated heterocycles. The summed E-state index contributed by atoms with van der Waals surface area (Å²) in [4.78, 5) is 14.4. The Morgan fingerprint density at radius 3 is 2.24 bits per heavy atom. The molecule has 1 N–H and O–H groups in total. The zero-order chi connectivity index (χ0) is 14.2. The molecular weight excluding hydrogens is 284 g/mol. The van der Waals surface area contributed by atoms with Crippen LogP contribution in [0.15, 0.2) is 0 Å². The number of hydrogen-bond acceptors (Lipinski definition) is 2. The average Bonchev–Trinajstić information content (AvgIpc) is 2.52. The first-order chi connectivity index (χ1) is 9.79. The highest BCUT2D eigenvalue weighted by Gasteiger charge is 2.23. The number of rotatable bonds is 6. The van der Waals surface area contributed by atoms with Crippen LogP contribution >= 0.6 is 12.4 Å². The Morgan fingerprint density at radius 2 is 1.62 bits per heavy atom. The van der Waals surface area contributed by atoms with Gasteiger partial charge in [-0.2, -0.15) is 0 Å². The molecule has 0 aromatic carbocycles. The maximum Gasteiger partial charge on any atom is 0.222 e. The molecule has 0 radical (unpaired) electrons. The van der Waals surface area contributed by atoms with E-state index in [1.807, 2.05) is 7.05 Å². The van der Waals surface area contributed by atoms with Crippen molar-refractivity contribution in [3.8, 4) is 0 Å². The summed E-state index contributed by atoms with van der Waals surface area (Å²) < 4.78 is 0. The van der Waals surface area contributed by atoms with Crippen molar-refractivity contribution in [3.05, 3.63) is 0 Å². The number of hydrogen-bond donors (Lipinski definition) is 1. The van der Waals surface area contributed by atoms with Crippen molar-refractivity contribution in [2.24, 2.45) is 11.8 Å². The molecule has 124 valence electrons. The van der Waals surface area contributed by atoms with Crippen LogP contribution < -0.4 is 5.32 Å². The number of carbonyl (C=O) groups excluding carboxylic acids is 1. The summed E-state index contributed by atoms with van der Waals surface area (Å²) in [6.07, 6.45) is 12.5. The van der Waals surface area contributed by atoms with Gasteiger partial charge in [-0.1, -0.05) is 32.1 Å². The van der Waals surface area contributed by atoms with Gasteiger partial charge >= 0.3 is 0 Å². The lowest BCUT2D eigenvalue weighted by molar-refractivity contribution is -0.133. The third-order valence-electron chi connectivity index (χ3n) is 5.26. The van der Waals surface area contributed by atoms with Gasteiger partial charge in [-0.15, -0.1) is 12.4 Å². The van der Waals surface area contributed by atoms with Crippen LogP contribution in [0.1, 0.15) is 64.2 Å².